The second-order valence-electron chi connectivity index (χ2n) is 5.81. The second kappa shape index (κ2) is 12.5. The fraction of sp³-hybridized carbons (Fsp3) is 0.600. The van der Waals surface area contributed by atoms with Crippen LogP contribution < -0.4 is 0 Å². The van der Waals surface area contributed by atoms with Gasteiger partial charge in [-0.25, -0.2) is 9.59 Å². The molecule has 0 aliphatic carbocycles. The highest BCUT2D eigenvalue weighted by Gasteiger charge is 2.23. The molecular weight excluding hydrogens is 368 g/mol. The van der Waals surface area contributed by atoms with Crippen molar-refractivity contribution in [2.45, 2.75) is 66.7 Å². The molecule has 0 N–H and O–H groups in total. The topological polar surface area (TPSA) is 89.5 Å². The van der Waals surface area contributed by atoms with Crippen molar-refractivity contribution < 1.29 is 38.0 Å². The predicted molar refractivity (Wildman–Crippen MR) is 101 cm³/mol. The Morgan fingerprint density at radius 2 is 1.07 bits per heavy atom. The number of carbonyl (C=O) groups excluding carboxylic acids is 2. The maximum atomic E-state index is 12.5. The van der Waals surface area contributed by atoms with Gasteiger partial charge in [-0.05, 0) is 53.7 Å². The van der Waals surface area contributed by atoms with Gasteiger partial charge >= 0.3 is 11.9 Å². The first-order chi connectivity index (χ1) is 13.3. The minimum absolute atomic E-state index is 0.0667. The number of hydrogen-bond donors (Lipinski definition) is 0. The van der Waals surface area contributed by atoms with E-state index in [0.29, 0.717) is 13.2 Å². The highest BCUT2D eigenvalue weighted by atomic mass is 16.8. The number of rotatable bonds is 12. The smallest absolute Gasteiger partial charge is 0.341 e. The number of ether oxygens (including phenoxy) is 6. The Kier molecular flexibility index (Phi) is 10.7. The lowest BCUT2D eigenvalue weighted by Crippen LogP contribution is -2.27. The van der Waals surface area contributed by atoms with Crippen LogP contribution >= 0.6 is 0 Å². The first-order valence-electron chi connectivity index (χ1n) is 9.33. The van der Waals surface area contributed by atoms with Gasteiger partial charge in [-0.2, -0.15) is 0 Å². The lowest BCUT2D eigenvalue weighted by molar-refractivity contribution is -0.213. The van der Waals surface area contributed by atoms with Gasteiger partial charge in [0.05, 0.1) is 11.1 Å². The zero-order valence-corrected chi connectivity index (χ0v) is 17.3. The van der Waals surface area contributed by atoms with Crippen molar-refractivity contribution in [3.05, 3.63) is 35.4 Å². The van der Waals surface area contributed by atoms with E-state index in [4.69, 9.17) is 28.4 Å². The molecule has 1 aromatic carbocycles. The van der Waals surface area contributed by atoms with E-state index in [1.807, 2.05) is 13.8 Å². The van der Waals surface area contributed by atoms with Crippen LogP contribution in [0.1, 0.15) is 62.3 Å². The molecule has 0 aliphatic rings. The number of carbonyl (C=O) groups is 2. The standard InChI is InChI=1S/C20H30O8/c1-7-23-13(3)25-15(5)27-19(21)17-11-9-10-12-18(17)20(22)28-16(6)26-14(4)24-8-2/h9-16H,7-8H2,1-6H3. The van der Waals surface area contributed by atoms with E-state index >= 15 is 0 Å². The lowest BCUT2D eigenvalue weighted by Gasteiger charge is -2.21. The zero-order chi connectivity index (χ0) is 21.1. The molecule has 28 heavy (non-hydrogen) atoms. The number of benzene rings is 1. The lowest BCUT2D eigenvalue weighted by atomic mass is 10.1. The Hall–Kier alpha value is -2.00. The van der Waals surface area contributed by atoms with Crippen LogP contribution in [-0.2, 0) is 28.4 Å². The molecule has 4 unspecified atom stereocenters. The van der Waals surface area contributed by atoms with Gasteiger partial charge in [0, 0.05) is 13.2 Å². The summed E-state index contributed by atoms with van der Waals surface area (Å²) in [6, 6.07) is 6.20. The molecule has 0 aromatic heterocycles. The molecule has 8 heteroatoms. The normalized spacial score (nSPS) is 15.4. The molecule has 1 aromatic rings. The van der Waals surface area contributed by atoms with E-state index in [1.165, 1.54) is 12.1 Å². The van der Waals surface area contributed by atoms with Gasteiger partial charge in [0.15, 0.2) is 12.6 Å². The molecule has 0 saturated heterocycles. The maximum absolute atomic E-state index is 12.5. The monoisotopic (exact) mass is 398 g/mol. The predicted octanol–water partition coefficient (Wildman–Crippen LogP) is 3.49. The average Bonchev–Trinajstić information content (AvgIpc) is 2.61. The Bertz CT molecular complexity index is 565. The average molecular weight is 398 g/mol. The van der Waals surface area contributed by atoms with Crippen LogP contribution in [0.15, 0.2) is 24.3 Å². The van der Waals surface area contributed by atoms with E-state index in [9.17, 15) is 9.59 Å². The molecule has 0 spiro atoms. The third kappa shape index (κ3) is 8.35. The third-order valence-corrected chi connectivity index (χ3v) is 3.48. The molecular formula is C20H30O8. The molecule has 4 atom stereocenters. The Morgan fingerprint density at radius 3 is 1.39 bits per heavy atom. The number of esters is 2. The molecule has 158 valence electrons. The van der Waals surface area contributed by atoms with Crippen molar-refractivity contribution in [3.8, 4) is 0 Å². The van der Waals surface area contributed by atoms with Gasteiger partial charge in [0.1, 0.15) is 0 Å². The summed E-state index contributed by atoms with van der Waals surface area (Å²) in [5.41, 5.74) is 0.133. The molecule has 0 radical (unpaired) electrons. The van der Waals surface area contributed by atoms with Gasteiger partial charge in [0.2, 0.25) is 12.6 Å². The summed E-state index contributed by atoms with van der Waals surface area (Å²) in [7, 11) is 0. The van der Waals surface area contributed by atoms with E-state index in [0.717, 1.165) is 0 Å². The molecule has 0 fully saturated rings. The second-order valence-corrected chi connectivity index (χ2v) is 5.81. The van der Waals surface area contributed by atoms with Crippen LogP contribution in [0.2, 0.25) is 0 Å². The summed E-state index contributed by atoms with van der Waals surface area (Å²) in [4.78, 5) is 24.9. The summed E-state index contributed by atoms with van der Waals surface area (Å²) in [6.45, 7) is 11.1. The van der Waals surface area contributed by atoms with Gasteiger partial charge in [-0.1, -0.05) is 12.1 Å². The van der Waals surface area contributed by atoms with E-state index < -0.39 is 37.1 Å². The van der Waals surface area contributed by atoms with E-state index in [2.05, 4.69) is 0 Å². The van der Waals surface area contributed by atoms with Crippen LogP contribution in [0.3, 0.4) is 0 Å². The van der Waals surface area contributed by atoms with Crippen LogP contribution in [0.5, 0.6) is 0 Å². The highest BCUT2D eigenvalue weighted by molar-refractivity contribution is 6.03. The van der Waals surface area contributed by atoms with Crippen molar-refractivity contribution in [3.63, 3.8) is 0 Å². The minimum Gasteiger partial charge on any atom is -0.432 e. The molecule has 0 heterocycles. The molecule has 1 rings (SSSR count). The first kappa shape index (κ1) is 24.0. The van der Waals surface area contributed by atoms with Crippen molar-refractivity contribution in [2.75, 3.05) is 13.2 Å². The quantitative estimate of drug-likeness (QED) is 0.390. The molecule has 0 amide bonds. The Balaban J connectivity index is 2.75. The van der Waals surface area contributed by atoms with Crippen LogP contribution in [0, 0.1) is 0 Å². The fourth-order valence-electron chi connectivity index (χ4n) is 2.41. The summed E-state index contributed by atoms with van der Waals surface area (Å²) in [6.07, 6.45) is -2.77. The third-order valence-electron chi connectivity index (χ3n) is 3.48. The molecule has 0 bridgehead atoms. The van der Waals surface area contributed by atoms with E-state index in [-0.39, 0.29) is 11.1 Å². The van der Waals surface area contributed by atoms with Gasteiger partial charge in [-0.3, -0.25) is 0 Å². The summed E-state index contributed by atoms with van der Waals surface area (Å²) in [5.74, 6) is -1.42. The van der Waals surface area contributed by atoms with Gasteiger partial charge < -0.3 is 28.4 Å². The van der Waals surface area contributed by atoms with Gasteiger partial charge in [-0.15, -0.1) is 0 Å². The zero-order valence-electron chi connectivity index (χ0n) is 17.3. The number of hydrogen-bond acceptors (Lipinski definition) is 8. The molecule has 0 saturated carbocycles. The van der Waals surface area contributed by atoms with Crippen LogP contribution in [0.25, 0.3) is 0 Å². The van der Waals surface area contributed by atoms with Crippen LogP contribution in [-0.4, -0.2) is 50.3 Å². The molecule has 0 aliphatic heterocycles. The van der Waals surface area contributed by atoms with E-state index in [1.54, 1.807) is 39.8 Å². The first-order valence-corrected chi connectivity index (χ1v) is 9.33. The minimum atomic E-state index is -0.854. The largest absolute Gasteiger partial charge is 0.432 e. The summed E-state index contributed by atoms with van der Waals surface area (Å²) >= 11 is 0. The maximum Gasteiger partial charge on any atom is 0.341 e. The molecule has 8 nitrogen and oxygen atoms in total. The fourth-order valence-corrected chi connectivity index (χ4v) is 2.41. The summed E-state index contributed by atoms with van der Waals surface area (Å²) < 4.78 is 31.8. The van der Waals surface area contributed by atoms with Crippen LogP contribution in [0.4, 0.5) is 0 Å². The highest BCUT2D eigenvalue weighted by Crippen LogP contribution is 2.15. The van der Waals surface area contributed by atoms with Crippen molar-refractivity contribution in [1.82, 2.24) is 0 Å². The van der Waals surface area contributed by atoms with Gasteiger partial charge in [0.25, 0.3) is 0 Å². The SMILES string of the molecule is CCOC(C)OC(C)OC(=O)c1ccccc1C(=O)OC(C)OC(C)OCC. The van der Waals surface area contributed by atoms with Crippen molar-refractivity contribution in [2.24, 2.45) is 0 Å². The van der Waals surface area contributed by atoms with Crippen molar-refractivity contribution >= 4 is 11.9 Å². The Morgan fingerprint density at radius 1 is 0.714 bits per heavy atom. The van der Waals surface area contributed by atoms with Crippen molar-refractivity contribution in [1.29, 1.82) is 0 Å². The Labute approximate surface area is 166 Å². The summed E-state index contributed by atoms with van der Waals surface area (Å²) in [5, 5.41) is 0.